The van der Waals surface area contributed by atoms with Crippen LogP contribution in [0.1, 0.15) is 43.4 Å². The van der Waals surface area contributed by atoms with Crippen LogP contribution in [0.5, 0.6) is 0 Å². The largest absolute Gasteiger partial charge is 0.115 e. The van der Waals surface area contributed by atoms with Crippen molar-refractivity contribution in [3.8, 4) is 12.3 Å². The Labute approximate surface area is 105 Å². The van der Waals surface area contributed by atoms with Crippen molar-refractivity contribution in [3.05, 3.63) is 53.1 Å². The van der Waals surface area contributed by atoms with E-state index in [0.29, 0.717) is 5.92 Å². The number of hydrogen-bond donors (Lipinski definition) is 0. The van der Waals surface area contributed by atoms with Crippen molar-refractivity contribution in [2.45, 2.75) is 33.6 Å². The summed E-state index contributed by atoms with van der Waals surface area (Å²) >= 11 is 0. The third-order valence-corrected chi connectivity index (χ3v) is 2.96. The molecule has 0 nitrogen and oxygen atoms in total. The van der Waals surface area contributed by atoms with Crippen molar-refractivity contribution in [1.29, 1.82) is 0 Å². The summed E-state index contributed by atoms with van der Waals surface area (Å²) in [4.78, 5) is 0. The van der Waals surface area contributed by atoms with Crippen molar-refractivity contribution in [3.63, 3.8) is 0 Å². The van der Waals surface area contributed by atoms with Gasteiger partial charge < -0.3 is 0 Å². The molecule has 0 atom stereocenters. The molecule has 0 aliphatic rings. The number of rotatable bonds is 3. The summed E-state index contributed by atoms with van der Waals surface area (Å²) in [6.45, 7) is 8.76. The van der Waals surface area contributed by atoms with E-state index in [4.69, 9.17) is 6.42 Å². The molecule has 1 rings (SSSR count). The first-order valence-corrected chi connectivity index (χ1v) is 5.97. The van der Waals surface area contributed by atoms with Gasteiger partial charge >= 0.3 is 0 Å². The summed E-state index contributed by atoms with van der Waals surface area (Å²) in [6.07, 6.45) is 10.9. The molecule has 88 valence electrons. The SMILES string of the molecule is C#C/C=C\C=C(/C)c1cccc(C(C)C)c1C. The van der Waals surface area contributed by atoms with E-state index < -0.39 is 0 Å². The van der Waals surface area contributed by atoms with Gasteiger partial charge in [0.15, 0.2) is 0 Å². The summed E-state index contributed by atoms with van der Waals surface area (Å²) in [6, 6.07) is 6.49. The van der Waals surface area contributed by atoms with Gasteiger partial charge in [0, 0.05) is 0 Å². The van der Waals surface area contributed by atoms with Crippen LogP contribution in [0.4, 0.5) is 0 Å². The van der Waals surface area contributed by atoms with E-state index in [2.05, 4.69) is 57.9 Å². The highest BCUT2D eigenvalue weighted by atomic mass is 14.1. The maximum absolute atomic E-state index is 5.18. The van der Waals surface area contributed by atoms with Crippen LogP contribution in [0.2, 0.25) is 0 Å². The summed E-state index contributed by atoms with van der Waals surface area (Å²) < 4.78 is 0. The standard InChI is InChI=1S/C17H20/c1-6-7-8-10-14(4)17-12-9-11-16(13(2)3)15(17)5/h1,7-13H,2-5H3/b8-7-,14-10+. The zero-order chi connectivity index (χ0) is 12.8. The van der Waals surface area contributed by atoms with Crippen molar-refractivity contribution in [2.24, 2.45) is 0 Å². The van der Waals surface area contributed by atoms with Gasteiger partial charge in [-0.3, -0.25) is 0 Å². The fourth-order valence-electron chi connectivity index (χ4n) is 2.04. The van der Waals surface area contributed by atoms with E-state index in [-0.39, 0.29) is 0 Å². The fraction of sp³-hybridized carbons (Fsp3) is 0.294. The first kappa shape index (κ1) is 13.3. The van der Waals surface area contributed by atoms with E-state index in [1.807, 2.05) is 6.08 Å². The van der Waals surface area contributed by atoms with Crippen molar-refractivity contribution >= 4 is 5.57 Å². The molecule has 0 saturated heterocycles. The molecule has 0 N–H and O–H groups in total. The lowest BCUT2D eigenvalue weighted by atomic mass is 9.91. The zero-order valence-corrected chi connectivity index (χ0v) is 11.1. The van der Waals surface area contributed by atoms with Gasteiger partial charge in [-0.2, -0.15) is 0 Å². The second-order valence-electron chi connectivity index (χ2n) is 4.55. The molecular weight excluding hydrogens is 204 g/mol. The van der Waals surface area contributed by atoms with Crippen LogP contribution in [0.3, 0.4) is 0 Å². The average molecular weight is 224 g/mol. The Hall–Kier alpha value is -1.74. The zero-order valence-electron chi connectivity index (χ0n) is 11.1. The third kappa shape index (κ3) is 3.36. The van der Waals surface area contributed by atoms with Crippen LogP contribution in [-0.2, 0) is 0 Å². The summed E-state index contributed by atoms with van der Waals surface area (Å²) in [7, 11) is 0. The number of allylic oxidation sites excluding steroid dienone is 4. The second-order valence-corrected chi connectivity index (χ2v) is 4.55. The van der Waals surface area contributed by atoms with Crippen LogP contribution in [-0.4, -0.2) is 0 Å². The summed E-state index contributed by atoms with van der Waals surface area (Å²) in [5.74, 6) is 3.05. The van der Waals surface area contributed by atoms with Gasteiger partial charge in [-0.05, 0) is 48.1 Å². The smallest absolute Gasteiger partial charge is 0.0122 e. The minimum absolute atomic E-state index is 0.559. The normalized spacial score (nSPS) is 12.1. The van der Waals surface area contributed by atoms with Crippen molar-refractivity contribution < 1.29 is 0 Å². The summed E-state index contributed by atoms with van der Waals surface area (Å²) in [5.41, 5.74) is 5.33. The summed E-state index contributed by atoms with van der Waals surface area (Å²) in [5, 5.41) is 0. The molecule has 0 heteroatoms. The van der Waals surface area contributed by atoms with Gasteiger partial charge in [0.25, 0.3) is 0 Å². The maximum Gasteiger partial charge on any atom is -0.0122 e. The van der Waals surface area contributed by atoms with Crippen LogP contribution in [0.15, 0.2) is 36.4 Å². The monoisotopic (exact) mass is 224 g/mol. The first-order chi connectivity index (χ1) is 8.07. The predicted octanol–water partition coefficient (Wildman–Crippen LogP) is 4.71. The van der Waals surface area contributed by atoms with E-state index in [1.165, 1.54) is 22.3 Å². The van der Waals surface area contributed by atoms with Crippen LogP contribution < -0.4 is 0 Å². The molecule has 0 heterocycles. The topological polar surface area (TPSA) is 0 Å². The van der Waals surface area contributed by atoms with Gasteiger partial charge in [-0.15, -0.1) is 6.42 Å². The van der Waals surface area contributed by atoms with Crippen LogP contribution >= 0.6 is 0 Å². The lowest BCUT2D eigenvalue weighted by Gasteiger charge is -2.14. The molecule has 1 aromatic rings. The predicted molar refractivity (Wildman–Crippen MR) is 76.9 cm³/mol. The molecule has 0 saturated carbocycles. The van der Waals surface area contributed by atoms with E-state index in [0.717, 1.165) is 0 Å². The lowest BCUT2D eigenvalue weighted by Crippen LogP contribution is -1.95. The van der Waals surface area contributed by atoms with Gasteiger partial charge in [0.1, 0.15) is 0 Å². The Morgan fingerprint density at radius 3 is 2.65 bits per heavy atom. The molecule has 0 fully saturated rings. The number of hydrogen-bond acceptors (Lipinski definition) is 0. The van der Waals surface area contributed by atoms with Gasteiger partial charge in [0.05, 0.1) is 0 Å². The molecule has 0 bridgehead atoms. The lowest BCUT2D eigenvalue weighted by molar-refractivity contribution is 0.855. The second kappa shape index (κ2) is 6.11. The van der Waals surface area contributed by atoms with E-state index in [1.54, 1.807) is 6.08 Å². The van der Waals surface area contributed by atoms with Crippen LogP contribution in [0, 0.1) is 19.3 Å². The van der Waals surface area contributed by atoms with Crippen molar-refractivity contribution in [2.75, 3.05) is 0 Å². The minimum Gasteiger partial charge on any atom is -0.115 e. The molecule has 0 spiro atoms. The quantitative estimate of drug-likeness (QED) is 0.515. The highest BCUT2D eigenvalue weighted by molar-refractivity contribution is 5.69. The van der Waals surface area contributed by atoms with Crippen LogP contribution in [0.25, 0.3) is 5.57 Å². The Kier molecular flexibility index (Phi) is 4.79. The Morgan fingerprint density at radius 1 is 1.35 bits per heavy atom. The highest BCUT2D eigenvalue weighted by Crippen LogP contribution is 2.26. The molecular formula is C17H20. The van der Waals surface area contributed by atoms with Gasteiger partial charge in [-0.1, -0.05) is 50.1 Å². The average Bonchev–Trinajstić information content (AvgIpc) is 2.29. The highest BCUT2D eigenvalue weighted by Gasteiger charge is 2.07. The Balaban J connectivity index is 3.16. The molecule has 0 amide bonds. The third-order valence-electron chi connectivity index (χ3n) is 2.96. The van der Waals surface area contributed by atoms with E-state index in [9.17, 15) is 0 Å². The molecule has 0 aliphatic carbocycles. The first-order valence-electron chi connectivity index (χ1n) is 5.97. The Morgan fingerprint density at radius 2 is 2.06 bits per heavy atom. The minimum atomic E-state index is 0.559. The van der Waals surface area contributed by atoms with Gasteiger partial charge in [0.2, 0.25) is 0 Å². The Bertz CT molecular complexity index is 479. The van der Waals surface area contributed by atoms with Gasteiger partial charge in [-0.25, -0.2) is 0 Å². The molecule has 0 aromatic heterocycles. The molecule has 1 aromatic carbocycles. The number of terminal acetylenes is 1. The fourth-order valence-corrected chi connectivity index (χ4v) is 2.04. The van der Waals surface area contributed by atoms with E-state index >= 15 is 0 Å². The molecule has 17 heavy (non-hydrogen) atoms. The number of benzene rings is 1. The molecule has 0 unspecified atom stereocenters. The molecule has 0 aliphatic heterocycles. The van der Waals surface area contributed by atoms with Crippen molar-refractivity contribution in [1.82, 2.24) is 0 Å². The molecule has 0 radical (unpaired) electrons. The maximum atomic E-state index is 5.18.